The maximum Gasteiger partial charge on any atom is 0.330 e. The SMILES string of the molecule is COC(=O)C(CO)Nc1ccc(F)cn1. The molecule has 5 nitrogen and oxygen atoms in total. The maximum atomic E-state index is 12.5. The van der Waals surface area contributed by atoms with Gasteiger partial charge in [0, 0.05) is 0 Å². The number of hydrogen-bond acceptors (Lipinski definition) is 5. The zero-order valence-corrected chi connectivity index (χ0v) is 8.11. The van der Waals surface area contributed by atoms with Crippen LogP contribution in [-0.4, -0.2) is 35.8 Å². The molecule has 6 heteroatoms. The summed E-state index contributed by atoms with van der Waals surface area (Å²) in [6.07, 6.45) is 1.01. The minimum absolute atomic E-state index is 0.292. The molecule has 0 fully saturated rings. The van der Waals surface area contributed by atoms with Crippen molar-refractivity contribution in [3.8, 4) is 0 Å². The number of anilines is 1. The van der Waals surface area contributed by atoms with Crippen LogP contribution in [0.3, 0.4) is 0 Å². The van der Waals surface area contributed by atoms with Gasteiger partial charge >= 0.3 is 5.97 Å². The summed E-state index contributed by atoms with van der Waals surface area (Å²) >= 11 is 0. The first-order chi connectivity index (χ1) is 7.17. The van der Waals surface area contributed by atoms with Gasteiger partial charge in [0.1, 0.15) is 17.7 Å². The molecule has 0 aromatic carbocycles. The van der Waals surface area contributed by atoms with E-state index in [-0.39, 0.29) is 0 Å². The van der Waals surface area contributed by atoms with Crippen molar-refractivity contribution in [2.75, 3.05) is 19.0 Å². The van der Waals surface area contributed by atoms with E-state index in [1.54, 1.807) is 0 Å². The molecular formula is C9H11FN2O3. The molecule has 0 amide bonds. The predicted octanol–water partition coefficient (Wildman–Crippen LogP) is 0.166. The highest BCUT2D eigenvalue weighted by atomic mass is 19.1. The number of nitrogens with zero attached hydrogens (tertiary/aromatic N) is 1. The molecule has 0 saturated carbocycles. The molecule has 0 aliphatic rings. The minimum Gasteiger partial charge on any atom is -0.467 e. The molecule has 1 atom stereocenters. The minimum atomic E-state index is -0.895. The molecule has 2 N–H and O–H groups in total. The van der Waals surface area contributed by atoms with Gasteiger partial charge in [0.25, 0.3) is 0 Å². The average molecular weight is 214 g/mol. The molecule has 0 spiro atoms. The Balaban J connectivity index is 2.66. The van der Waals surface area contributed by atoms with E-state index in [0.29, 0.717) is 5.82 Å². The first-order valence-corrected chi connectivity index (χ1v) is 4.24. The van der Waals surface area contributed by atoms with Gasteiger partial charge in [-0.05, 0) is 12.1 Å². The molecule has 1 aromatic heterocycles. The van der Waals surface area contributed by atoms with E-state index in [2.05, 4.69) is 15.0 Å². The van der Waals surface area contributed by atoms with E-state index in [4.69, 9.17) is 5.11 Å². The second kappa shape index (κ2) is 5.26. The normalized spacial score (nSPS) is 11.9. The number of esters is 1. The lowest BCUT2D eigenvalue weighted by molar-refractivity contribution is -0.142. The van der Waals surface area contributed by atoms with Gasteiger partial charge in [0.2, 0.25) is 0 Å². The van der Waals surface area contributed by atoms with Gasteiger partial charge in [-0.15, -0.1) is 0 Å². The third-order valence-electron chi connectivity index (χ3n) is 1.72. The van der Waals surface area contributed by atoms with Crippen LogP contribution in [-0.2, 0) is 9.53 Å². The third-order valence-corrected chi connectivity index (χ3v) is 1.72. The molecule has 0 aliphatic heterocycles. The molecule has 0 aliphatic carbocycles. The quantitative estimate of drug-likeness (QED) is 0.699. The molecule has 0 bridgehead atoms. The second-order valence-corrected chi connectivity index (χ2v) is 2.76. The summed E-state index contributed by atoms with van der Waals surface area (Å²) in [4.78, 5) is 14.7. The zero-order valence-electron chi connectivity index (χ0n) is 8.11. The third kappa shape index (κ3) is 3.17. The number of hydrogen-bond donors (Lipinski definition) is 2. The Morgan fingerprint density at radius 3 is 2.93 bits per heavy atom. The molecule has 1 heterocycles. The fourth-order valence-corrected chi connectivity index (χ4v) is 0.961. The molecule has 0 saturated heterocycles. The lowest BCUT2D eigenvalue weighted by Gasteiger charge is -2.13. The summed E-state index contributed by atoms with van der Waals surface area (Å²) in [5.41, 5.74) is 0. The number of ether oxygens (including phenoxy) is 1. The smallest absolute Gasteiger partial charge is 0.330 e. The van der Waals surface area contributed by atoms with Gasteiger partial charge in [-0.1, -0.05) is 0 Å². The van der Waals surface area contributed by atoms with Crippen molar-refractivity contribution < 1.29 is 19.0 Å². The van der Waals surface area contributed by atoms with Crippen molar-refractivity contribution >= 4 is 11.8 Å². The Bertz CT molecular complexity index is 329. The van der Waals surface area contributed by atoms with Gasteiger partial charge in [0.15, 0.2) is 0 Å². The molecule has 1 unspecified atom stereocenters. The summed E-state index contributed by atoms with van der Waals surface area (Å²) in [7, 11) is 1.21. The van der Waals surface area contributed by atoms with Crippen LogP contribution in [0.5, 0.6) is 0 Å². The largest absolute Gasteiger partial charge is 0.467 e. The van der Waals surface area contributed by atoms with Crippen molar-refractivity contribution in [1.82, 2.24) is 4.98 Å². The van der Waals surface area contributed by atoms with Gasteiger partial charge < -0.3 is 15.2 Å². The lowest BCUT2D eigenvalue weighted by Crippen LogP contribution is -2.34. The zero-order chi connectivity index (χ0) is 11.3. The predicted molar refractivity (Wildman–Crippen MR) is 50.7 cm³/mol. The summed E-state index contributed by atoms with van der Waals surface area (Å²) in [5, 5.41) is 11.5. The fraction of sp³-hybridized carbons (Fsp3) is 0.333. The standard InChI is InChI=1S/C9H11FN2O3/c1-15-9(14)7(5-13)12-8-3-2-6(10)4-11-8/h2-4,7,13H,5H2,1H3,(H,11,12). The van der Waals surface area contributed by atoms with Crippen LogP contribution >= 0.6 is 0 Å². The van der Waals surface area contributed by atoms with Crippen molar-refractivity contribution in [2.24, 2.45) is 0 Å². The van der Waals surface area contributed by atoms with Crippen molar-refractivity contribution in [1.29, 1.82) is 0 Å². The van der Waals surface area contributed by atoms with Crippen molar-refractivity contribution in [2.45, 2.75) is 6.04 Å². The van der Waals surface area contributed by atoms with Crippen LogP contribution in [0.15, 0.2) is 18.3 Å². The summed E-state index contributed by atoms with van der Waals surface area (Å²) in [6.45, 7) is -0.425. The summed E-state index contributed by atoms with van der Waals surface area (Å²) in [6, 6.07) is 1.66. The van der Waals surface area contributed by atoms with Crippen LogP contribution in [0.1, 0.15) is 0 Å². The Morgan fingerprint density at radius 1 is 1.73 bits per heavy atom. The van der Waals surface area contributed by atoms with Crippen LogP contribution in [0.2, 0.25) is 0 Å². The number of aliphatic hydroxyl groups is 1. The highest BCUT2D eigenvalue weighted by Gasteiger charge is 2.17. The van der Waals surface area contributed by atoms with E-state index >= 15 is 0 Å². The van der Waals surface area contributed by atoms with Crippen LogP contribution in [0.4, 0.5) is 10.2 Å². The van der Waals surface area contributed by atoms with E-state index in [0.717, 1.165) is 6.20 Å². The summed E-state index contributed by atoms with van der Waals surface area (Å²) < 4.78 is 16.9. The number of carbonyl (C=O) groups excluding carboxylic acids is 1. The van der Waals surface area contributed by atoms with E-state index < -0.39 is 24.4 Å². The Kier molecular flexibility index (Phi) is 3.99. The van der Waals surface area contributed by atoms with E-state index in [9.17, 15) is 9.18 Å². The number of nitrogens with one attached hydrogen (secondary N) is 1. The van der Waals surface area contributed by atoms with Gasteiger partial charge in [0.05, 0.1) is 19.9 Å². The topological polar surface area (TPSA) is 71.5 Å². The van der Waals surface area contributed by atoms with E-state index in [1.807, 2.05) is 0 Å². The average Bonchev–Trinajstić information content (AvgIpc) is 2.27. The Morgan fingerprint density at radius 2 is 2.47 bits per heavy atom. The van der Waals surface area contributed by atoms with Gasteiger partial charge in [-0.2, -0.15) is 0 Å². The highest BCUT2D eigenvalue weighted by molar-refractivity contribution is 5.78. The number of carbonyl (C=O) groups is 1. The first-order valence-electron chi connectivity index (χ1n) is 4.24. The number of halogens is 1. The Labute approximate surface area is 85.9 Å². The Hall–Kier alpha value is -1.69. The second-order valence-electron chi connectivity index (χ2n) is 2.76. The van der Waals surface area contributed by atoms with E-state index in [1.165, 1.54) is 19.2 Å². The van der Waals surface area contributed by atoms with Gasteiger partial charge in [-0.25, -0.2) is 14.2 Å². The molecule has 1 rings (SSSR count). The maximum absolute atomic E-state index is 12.5. The first kappa shape index (κ1) is 11.4. The number of rotatable bonds is 4. The lowest BCUT2D eigenvalue weighted by atomic mass is 10.3. The molecular weight excluding hydrogens is 203 g/mol. The van der Waals surface area contributed by atoms with Crippen LogP contribution < -0.4 is 5.32 Å². The highest BCUT2D eigenvalue weighted by Crippen LogP contribution is 2.05. The van der Waals surface area contributed by atoms with Crippen LogP contribution in [0, 0.1) is 5.82 Å². The summed E-state index contributed by atoms with van der Waals surface area (Å²) in [5.74, 6) is -0.788. The van der Waals surface area contributed by atoms with Gasteiger partial charge in [-0.3, -0.25) is 0 Å². The molecule has 82 valence electrons. The monoisotopic (exact) mass is 214 g/mol. The fourth-order valence-electron chi connectivity index (χ4n) is 0.961. The molecule has 0 radical (unpaired) electrons. The molecule has 15 heavy (non-hydrogen) atoms. The number of pyridine rings is 1. The van der Waals surface area contributed by atoms with Crippen LogP contribution in [0.25, 0.3) is 0 Å². The van der Waals surface area contributed by atoms with Crippen molar-refractivity contribution in [3.63, 3.8) is 0 Å². The number of methoxy groups -OCH3 is 1. The molecule has 1 aromatic rings. The van der Waals surface area contributed by atoms with Crippen molar-refractivity contribution in [3.05, 3.63) is 24.1 Å². The number of aromatic nitrogens is 1. The number of aliphatic hydroxyl groups excluding tert-OH is 1.